The summed E-state index contributed by atoms with van der Waals surface area (Å²) < 4.78 is 24.8. The molecule has 3 N–H and O–H groups in total. The molecule has 0 unspecified atom stereocenters. The van der Waals surface area contributed by atoms with Gasteiger partial charge in [-0.1, -0.05) is 24.3 Å². The van der Waals surface area contributed by atoms with E-state index < -0.39 is 12.0 Å². The molecule has 1 aromatic carbocycles. The highest BCUT2D eigenvalue weighted by Gasteiger charge is 2.30. The second kappa shape index (κ2) is 11.1. The molecule has 1 fully saturated rings. The lowest BCUT2D eigenvalue weighted by atomic mass is 9.90. The Kier molecular flexibility index (Phi) is 7.31. The number of aromatic amines is 1. The van der Waals surface area contributed by atoms with Crippen molar-refractivity contribution in [1.82, 2.24) is 34.2 Å². The Labute approximate surface area is 240 Å². The molecule has 4 heterocycles. The highest BCUT2D eigenvalue weighted by atomic mass is 19.1. The van der Waals surface area contributed by atoms with Gasteiger partial charge in [-0.15, -0.1) is 5.10 Å². The summed E-state index contributed by atoms with van der Waals surface area (Å²) in [5.41, 5.74) is 5.32. The highest BCUT2D eigenvalue weighted by molar-refractivity contribution is 6.14. The predicted molar refractivity (Wildman–Crippen MR) is 157 cm³/mol. The van der Waals surface area contributed by atoms with Crippen molar-refractivity contribution in [1.29, 1.82) is 0 Å². The first-order valence-corrected chi connectivity index (χ1v) is 14.2. The van der Waals surface area contributed by atoms with Crippen molar-refractivity contribution in [3.8, 4) is 22.4 Å². The Morgan fingerprint density at radius 3 is 2.57 bits per heavy atom. The van der Waals surface area contributed by atoms with Gasteiger partial charge in [0.25, 0.3) is 0 Å². The van der Waals surface area contributed by atoms with Crippen LogP contribution in [0.1, 0.15) is 43.7 Å². The number of ether oxygens (including phenoxy) is 1. The minimum Gasteiger partial charge on any atom is -0.453 e. The Balaban J connectivity index is 1.55. The molecule has 0 saturated heterocycles. The number of fused-ring (bicyclic) bond motifs is 3. The van der Waals surface area contributed by atoms with Crippen molar-refractivity contribution in [2.75, 3.05) is 13.7 Å². The number of alkyl carbamates (subject to hydrolysis) is 1. The fourth-order valence-corrected chi connectivity index (χ4v) is 6.26. The maximum Gasteiger partial charge on any atom is 0.407 e. The van der Waals surface area contributed by atoms with Gasteiger partial charge in [0.1, 0.15) is 5.65 Å². The molecule has 0 radical (unpaired) electrons. The van der Waals surface area contributed by atoms with Crippen LogP contribution >= 0.6 is 0 Å². The highest BCUT2D eigenvalue weighted by Crippen LogP contribution is 2.42. The number of nitrogens with zero attached hydrogens (tertiary/aromatic N) is 5. The van der Waals surface area contributed by atoms with Gasteiger partial charge in [-0.3, -0.25) is 13.8 Å². The average molecular weight is 576 g/mol. The minimum atomic E-state index is -0.608. The number of halogens is 1. The Morgan fingerprint density at radius 2 is 1.93 bits per heavy atom. The summed E-state index contributed by atoms with van der Waals surface area (Å²) in [4.78, 5) is 33.6. The van der Waals surface area contributed by atoms with Crippen molar-refractivity contribution in [2.24, 2.45) is 14.1 Å². The third kappa shape index (κ3) is 4.75. The van der Waals surface area contributed by atoms with E-state index in [9.17, 15) is 14.7 Å². The maximum atomic E-state index is 15.1. The lowest BCUT2D eigenvalue weighted by Crippen LogP contribution is -2.39. The van der Waals surface area contributed by atoms with E-state index in [4.69, 9.17) is 4.74 Å². The number of benzene rings is 1. The number of hydrogen-bond acceptors (Lipinski definition) is 6. The number of methoxy groups -OCH3 is 1. The van der Waals surface area contributed by atoms with Crippen LogP contribution < -0.4 is 11.0 Å². The summed E-state index contributed by atoms with van der Waals surface area (Å²) in [5.74, 6) is -0.608. The molecule has 6 rings (SSSR count). The molecule has 5 aromatic rings. The normalized spacial score (nSPS) is 17.3. The van der Waals surface area contributed by atoms with Crippen LogP contribution in [0.25, 0.3) is 44.5 Å². The second-order valence-corrected chi connectivity index (χ2v) is 11.0. The third-order valence-corrected chi connectivity index (χ3v) is 8.36. The third-order valence-electron chi connectivity index (χ3n) is 8.36. The van der Waals surface area contributed by atoms with Crippen LogP contribution in [-0.4, -0.2) is 59.8 Å². The van der Waals surface area contributed by atoms with E-state index in [0.29, 0.717) is 54.5 Å². The number of rotatable bonds is 7. The van der Waals surface area contributed by atoms with Crippen LogP contribution in [0.15, 0.2) is 41.5 Å². The van der Waals surface area contributed by atoms with Gasteiger partial charge in [-0.2, -0.15) is 4.39 Å². The molecule has 11 nitrogen and oxygen atoms in total. The number of nitrogens with one attached hydrogen (secondary N) is 2. The molecule has 1 aliphatic rings. The number of amides is 1. The van der Waals surface area contributed by atoms with Crippen molar-refractivity contribution in [3.05, 3.63) is 58.7 Å². The molecule has 1 saturated carbocycles. The zero-order valence-corrected chi connectivity index (χ0v) is 23.9. The van der Waals surface area contributed by atoms with E-state index in [2.05, 4.69) is 20.4 Å². The van der Waals surface area contributed by atoms with Gasteiger partial charge in [0, 0.05) is 44.5 Å². The summed E-state index contributed by atoms with van der Waals surface area (Å²) in [7, 11) is 4.75. The van der Waals surface area contributed by atoms with Gasteiger partial charge < -0.3 is 20.1 Å². The van der Waals surface area contributed by atoms with Gasteiger partial charge >= 0.3 is 11.8 Å². The SMILES string of the molecule is COC(=O)NC1CCC(n2c(=O)n(C)c3cnc4[nH]c(-c5cn(C)nc5F)c(-c5ccc(CCCO)cc5)c4c32)CC1. The van der Waals surface area contributed by atoms with E-state index >= 15 is 4.39 Å². The molecule has 0 aliphatic heterocycles. The molecule has 0 spiro atoms. The fourth-order valence-electron chi connectivity index (χ4n) is 6.26. The van der Waals surface area contributed by atoms with Gasteiger partial charge in [-0.05, 0) is 49.7 Å². The van der Waals surface area contributed by atoms with Crippen LogP contribution in [0.2, 0.25) is 0 Å². The first kappa shape index (κ1) is 27.7. The van der Waals surface area contributed by atoms with Crippen molar-refractivity contribution < 1.29 is 19.0 Å². The number of pyridine rings is 1. The zero-order chi connectivity index (χ0) is 29.5. The van der Waals surface area contributed by atoms with Crippen LogP contribution in [0.3, 0.4) is 0 Å². The number of carbonyl (C=O) groups is 1. The Morgan fingerprint density at radius 1 is 1.19 bits per heavy atom. The van der Waals surface area contributed by atoms with E-state index in [-0.39, 0.29) is 24.4 Å². The molecule has 42 heavy (non-hydrogen) atoms. The monoisotopic (exact) mass is 575 g/mol. The molecule has 1 aliphatic carbocycles. The summed E-state index contributed by atoms with van der Waals surface area (Å²) in [6.45, 7) is 0.116. The molecular formula is C30H34FN7O4. The Bertz CT molecular complexity index is 1820. The van der Waals surface area contributed by atoms with Crippen molar-refractivity contribution in [2.45, 2.75) is 50.6 Å². The van der Waals surface area contributed by atoms with Crippen molar-refractivity contribution in [3.63, 3.8) is 0 Å². The lowest BCUT2D eigenvalue weighted by Gasteiger charge is -2.29. The van der Waals surface area contributed by atoms with Crippen LogP contribution in [0, 0.1) is 5.95 Å². The quantitative estimate of drug-likeness (QED) is 0.267. The smallest absolute Gasteiger partial charge is 0.407 e. The van der Waals surface area contributed by atoms with Crippen LogP contribution in [0.4, 0.5) is 9.18 Å². The number of aryl methyl sites for hydroxylation is 3. The number of hydrogen-bond donors (Lipinski definition) is 3. The molecule has 0 atom stereocenters. The summed E-state index contributed by atoms with van der Waals surface area (Å²) in [6, 6.07) is 7.88. The van der Waals surface area contributed by atoms with Crippen molar-refractivity contribution >= 4 is 28.2 Å². The molecule has 12 heteroatoms. The molecule has 220 valence electrons. The number of aliphatic hydroxyl groups excluding tert-OH is 1. The molecular weight excluding hydrogens is 541 g/mol. The number of aliphatic hydroxyl groups is 1. The van der Waals surface area contributed by atoms with E-state index in [0.717, 1.165) is 34.0 Å². The van der Waals surface area contributed by atoms with Gasteiger partial charge in [0.05, 0.1) is 41.0 Å². The first-order valence-electron chi connectivity index (χ1n) is 14.2. The molecule has 4 aromatic heterocycles. The number of aromatic nitrogens is 6. The maximum absolute atomic E-state index is 15.1. The van der Waals surface area contributed by atoms with Gasteiger partial charge in [0.2, 0.25) is 5.95 Å². The lowest BCUT2D eigenvalue weighted by molar-refractivity contribution is 0.160. The largest absolute Gasteiger partial charge is 0.453 e. The number of carbonyl (C=O) groups excluding carboxylic acids is 1. The van der Waals surface area contributed by atoms with Gasteiger partial charge in [-0.25, -0.2) is 14.6 Å². The molecule has 0 bridgehead atoms. The summed E-state index contributed by atoms with van der Waals surface area (Å²) in [5, 5.41) is 16.8. The fraction of sp³-hybridized carbons (Fsp3) is 0.400. The van der Waals surface area contributed by atoms with Crippen LogP contribution in [0.5, 0.6) is 0 Å². The van der Waals surface area contributed by atoms with Crippen LogP contribution in [-0.2, 0) is 25.3 Å². The van der Waals surface area contributed by atoms with E-state index in [1.54, 1.807) is 31.1 Å². The number of H-pyrrole nitrogens is 1. The van der Waals surface area contributed by atoms with E-state index in [1.165, 1.54) is 11.8 Å². The topological polar surface area (TPSA) is 132 Å². The molecule has 1 amide bonds. The number of imidazole rings is 1. The summed E-state index contributed by atoms with van der Waals surface area (Å²) in [6.07, 6.45) is 7.07. The average Bonchev–Trinajstić information content (AvgIpc) is 3.62. The van der Waals surface area contributed by atoms with E-state index in [1.807, 2.05) is 28.8 Å². The van der Waals surface area contributed by atoms with Gasteiger partial charge in [0.15, 0.2) is 0 Å². The zero-order valence-electron chi connectivity index (χ0n) is 23.9. The second-order valence-electron chi connectivity index (χ2n) is 11.0. The predicted octanol–water partition coefficient (Wildman–Crippen LogP) is 4.19. The Hall–Kier alpha value is -4.45. The minimum absolute atomic E-state index is 0.0200. The standard InChI is InChI=1S/C30H34FN7O4/c1-36-16-21(27(31)35-36)25-23(18-8-6-17(7-9-18)5-4-14-39)24-26-22(15-32-28(24)34-25)37(2)30(41)38(26)20-12-10-19(11-13-20)33-29(40)42-3/h6-9,15-16,19-20,39H,4-5,10-14H2,1-3H3,(H,32,34)(H,33,40). The summed E-state index contributed by atoms with van der Waals surface area (Å²) >= 11 is 0. The first-order chi connectivity index (χ1) is 20.3.